The minimum Gasteiger partial charge on any atom is -0.386 e. The summed E-state index contributed by atoms with van der Waals surface area (Å²) in [6.45, 7) is 1.88. The molecule has 4 nitrogen and oxygen atoms in total. The number of fused-ring (bicyclic) bond motifs is 1. The molecule has 3 N–H and O–H groups in total. The highest BCUT2D eigenvalue weighted by atomic mass is 19.1. The highest BCUT2D eigenvalue weighted by molar-refractivity contribution is 5.74. The van der Waals surface area contributed by atoms with Crippen LogP contribution in [0.5, 0.6) is 0 Å². The van der Waals surface area contributed by atoms with E-state index in [1.807, 2.05) is 6.92 Å². The molecule has 0 radical (unpaired) electrons. The Morgan fingerprint density at radius 1 is 1.15 bits per heavy atom. The van der Waals surface area contributed by atoms with Crippen LogP contribution >= 0.6 is 0 Å². The Hall–Kier alpha value is -2.40. The van der Waals surface area contributed by atoms with Crippen LogP contribution in [0, 0.1) is 5.82 Å². The monoisotopic (exact) mass is 356 g/mol. The number of halogens is 1. The second kappa shape index (κ2) is 8.32. The summed E-state index contributed by atoms with van der Waals surface area (Å²) in [6, 6.07) is 11.9. The number of aliphatic hydroxyl groups excluding tert-OH is 1. The van der Waals surface area contributed by atoms with Crippen LogP contribution in [0.4, 0.5) is 9.18 Å². The fraction of sp³-hybridized carbons (Fsp3) is 0.381. The maximum absolute atomic E-state index is 13.6. The molecule has 3 rings (SSSR count). The van der Waals surface area contributed by atoms with E-state index in [9.17, 15) is 14.3 Å². The number of aryl methyl sites for hydroxylation is 2. The smallest absolute Gasteiger partial charge is 0.315 e. The Morgan fingerprint density at radius 3 is 2.65 bits per heavy atom. The fourth-order valence-electron chi connectivity index (χ4n) is 3.40. The van der Waals surface area contributed by atoms with Gasteiger partial charge in [-0.3, -0.25) is 0 Å². The summed E-state index contributed by atoms with van der Waals surface area (Å²) in [4.78, 5) is 12.1. The van der Waals surface area contributed by atoms with Crippen molar-refractivity contribution in [1.82, 2.24) is 10.6 Å². The molecule has 0 bridgehead atoms. The zero-order chi connectivity index (χ0) is 18.5. The zero-order valence-corrected chi connectivity index (χ0v) is 15.0. The van der Waals surface area contributed by atoms with Crippen LogP contribution in [0.3, 0.4) is 0 Å². The van der Waals surface area contributed by atoms with Gasteiger partial charge >= 0.3 is 6.03 Å². The first-order valence-corrected chi connectivity index (χ1v) is 9.13. The van der Waals surface area contributed by atoms with E-state index in [4.69, 9.17) is 0 Å². The van der Waals surface area contributed by atoms with Gasteiger partial charge in [-0.05, 0) is 55.4 Å². The molecule has 0 saturated carbocycles. The summed E-state index contributed by atoms with van der Waals surface area (Å²) in [5.74, 6) is -0.482. The van der Waals surface area contributed by atoms with Gasteiger partial charge in [-0.1, -0.05) is 36.4 Å². The maximum Gasteiger partial charge on any atom is 0.315 e. The van der Waals surface area contributed by atoms with E-state index in [1.165, 1.54) is 36.1 Å². The number of carbonyl (C=O) groups is 1. The molecule has 2 aromatic rings. The number of hydrogen-bond donors (Lipinski definition) is 3. The van der Waals surface area contributed by atoms with E-state index >= 15 is 0 Å². The van der Waals surface area contributed by atoms with E-state index < -0.39 is 11.9 Å². The predicted octanol–water partition coefficient (Wildman–Crippen LogP) is 3.80. The normalized spacial score (nSPS) is 15.7. The van der Waals surface area contributed by atoms with Crippen LogP contribution in [-0.4, -0.2) is 17.7 Å². The molecule has 2 atom stereocenters. The largest absolute Gasteiger partial charge is 0.386 e. The third-order valence-corrected chi connectivity index (χ3v) is 4.94. The average Bonchev–Trinajstić information content (AvgIpc) is 2.66. The molecule has 0 aliphatic heterocycles. The van der Waals surface area contributed by atoms with Crippen molar-refractivity contribution in [2.75, 3.05) is 6.54 Å². The number of rotatable bonds is 5. The number of hydrogen-bond acceptors (Lipinski definition) is 2. The molecule has 0 aromatic heterocycles. The van der Waals surface area contributed by atoms with Gasteiger partial charge in [0.15, 0.2) is 0 Å². The molecule has 0 unspecified atom stereocenters. The number of carbonyl (C=O) groups excluding carboxylic acids is 1. The molecule has 2 aromatic carbocycles. The van der Waals surface area contributed by atoms with E-state index in [2.05, 4.69) is 28.8 Å². The summed E-state index contributed by atoms with van der Waals surface area (Å²) in [5.41, 5.74) is 4.02. The van der Waals surface area contributed by atoms with E-state index in [0.717, 1.165) is 18.4 Å². The third kappa shape index (κ3) is 4.41. The van der Waals surface area contributed by atoms with Crippen molar-refractivity contribution < 1.29 is 14.3 Å². The van der Waals surface area contributed by atoms with Crippen molar-refractivity contribution in [3.63, 3.8) is 0 Å². The van der Waals surface area contributed by atoms with E-state index in [0.29, 0.717) is 0 Å². The molecule has 26 heavy (non-hydrogen) atoms. The van der Waals surface area contributed by atoms with Crippen molar-refractivity contribution in [3.05, 3.63) is 70.5 Å². The highest BCUT2D eigenvalue weighted by Gasteiger charge is 2.16. The van der Waals surface area contributed by atoms with Gasteiger partial charge in [0.25, 0.3) is 0 Å². The van der Waals surface area contributed by atoms with Crippen molar-refractivity contribution in [2.45, 2.75) is 44.8 Å². The van der Waals surface area contributed by atoms with Gasteiger partial charge in [0.2, 0.25) is 0 Å². The van der Waals surface area contributed by atoms with Crippen LogP contribution in [0.25, 0.3) is 0 Å². The van der Waals surface area contributed by atoms with Gasteiger partial charge in [-0.15, -0.1) is 0 Å². The standard InChI is InChI=1S/C21H25FN2O2/c1-14(16-11-10-15-6-2-3-7-17(15)12-16)24-21(26)23-13-20(25)18-8-4-5-9-19(18)22/h4-5,8-12,14,20,25H,2-3,6-7,13H2,1H3,(H2,23,24,26)/t14-,20-/m0/s1. The molecule has 1 aliphatic carbocycles. The molecule has 5 heteroatoms. The van der Waals surface area contributed by atoms with Gasteiger partial charge in [-0.2, -0.15) is 0 Å². The van der Waals surface area contributed by atoms with Crippen LogP contribution in [0.15, 0.2) is 42.5 Å². The first-order chi connectivity index (χ1) is 12.5. The molecule has 2 amide bonds. The summed E-state index contributed by atoms with van der Waals surface area (Å²) >= 11 is 0. The molecule has 0 saturated heterocycles. The molecule has 0 fully saturated rings. The zero-order valence-electron chi connectivity index (χ0n) is 15.0. The van der Waals surface area contributed by atoms with Crippen molar-refractivity contribution in [3.8, 4) is 0 Å². The highest BCUT2D eigenvalue weighted by Crippen LogP contribution is 2.24. The first kappa shape index (κ1) is 18.4. The van der Waals surface area contributed by atoms with Gasteiger partial charge in [0.05, 0.1) is 12.1 Å². The van der Waals surface area contributed by atoms with E-state index in [-0.39, 0.29) is 24.2 Å². The number of benzene rings is 2. The quantitative estimate of drug-likeness (QED) is 0.763. The van der Waals surface area contributed by atoms with Crippen LogP contribution in [-0.2, 0) is 12.8 Å². The molecular weight excluding hydrogens is 331 g/mol. The van der Waals surface area contributed by atoms with Gasteiger partial charge < -0.3 is 15.7 Å². The van der Waals surface area contributed by atoms with Crippen molar-refractivity contribution in [1.29, 1.82) is 0 Å². The maximum atomic E-state index is 13.6. The molecule has 1 aliphatic rings. The summed E-state index contributed by atoms with van der Waals surface area (Å²) in [6.07, 6.45) is 3.60. The predicted molar refractivity (Wildman–Crippen MR) is 99.4 cm³/mol. The lowest BCUT2D eigenvalue weighted by molar-refractivity contribution is 0.168. The number of amides is 2. The second-order valence-corrected chi connectivity index (χ2v) is 6.85. The second-order valence-electron chi connectivity index (χ2n) is 6.85. The third-order valence-electron chi connectivity index (χ3n) is 4.94. The Kier molecular flexibility index (Phi) is 5.89. The van der Waals surface area contributed by atoms with Crippen LogP contribution in [0.1, 0.15) is 54.2 Å². The minimum absolute atomic E-state index is 0.0519. The van der Waals surface area contributed by atoms with Gasteiger partial charge in [0.1, 0.15) is 5.82 Å². The lowest BCUT2D eigenvalue weighted by Crippen LogP contribution is -2.39. The number of nitrogens with one attached hydrogen (secondary N) is 2. The molecular formula is C21H25FN2O2. The van der Waals surface area contributed by atoms with Crippen molar-refractivity contribution in [2.24, 2.45) is 0 Å². The minimum atomic E-state index is -1.08. The molecule has 0 heterocycles. The topological polar surface area (TPSA) is 61.4 Å². The molecule has 0 spiro atoms. The Balaban J connectivity index is 1.54. The molecule has 138 valence electrons. The summed E-state index contributed by atoms with van der Waals surface area (Å²) in [5, 5.41) is 15.5. The lowest BCUT2D eigenvalue weighted by Gasteiger charge is -2.20. The average molecular weight is 356 g/mol. The number of aliphatic hydroxyl groups is 1. The van der Waals surface area contributed by atoms with Gasteiger partial charge in [0, 0.05) is 12.1 Å². The number of urea groups is 1. The summed E-state index contributed by atoms with van der Waals surface area (Å²) in [7, 11) is 0. The first-order valence-electron chi connectivity index (χ1n) is 9.13. The van der Waals surface area contributed by atoms with Crippen LogP contribution < -0.4 is 10.6 Å². The lowest BCUT2D eigenvalue weighted by atomic mass is 9.89. The van der Waals surface area contributed by atoms with Gasteiger partial charge in [-0.25, -0.2) is 9.18 Å². The Labute approximate surface area is 153 Å². The Morgan fingerprint density at radius 2 is 1.88 bits per heavy atom. The van der Waals surface area contributed by atoms with E-state index in [1.54, 1.807) is 12.1 Å². The summed E-state index contributed by atoms with van der Waals surface area (Å²) < 4.78 is 13.6. The van der Waals surface area contributed by atoms with Crippen molar-refractivity contribution >= 4 is 6.03 Å². The fourth-order valence-corrected chi connectivity index (χ4v) is 3.40. The van der Waals surface area contributed by atoms with Crippen LogP contribution in [0.2, 0.25) is 0 Å². The Bertz CT molecular complexity index is 778. The SMILES string of the molecule is C[C@H](NC(=O)NC[C@H](O)c1ccccc1F)c1ccc2c(c1)CCCC2.